The molecule has 14 heteroatoms. The number of pyridine rings is 1. The van der Waals surface area contributed by atoms with Crippen LogP contribution in [0.1, 0.15) is 62.6 Å². The first kappa shape index (κ1) is 31.3. The summed E-state index contributed by atoms with van der Waals surface area (Å²) in [6, 6.07) is 4.11. The Kier molecular flexibility index (Phi) is 8.46. The van der Waals surface area contributed by atoms with E-state index in [1.165, 1.54) is 12.4 Å². The minimum Gasteiger partial charge on any atom is -0.396 e. The number of piperidine rings is 2. The van der Waals surface area contributed by atoms with Crippen molar-refractivity contribution in [1.29, 1.82) is 0 Å². The molecule has 0 atom stereocenters. The van der Waals surface area contributed by atoms with Gasteiger partial charge in [0, 0.05) is 44.4 Å². The molecule has 13 nitrogen and oxygen atoms in total. The van der Waals surface area contributed by atoms with Crippen molar-refractivity contribution >= 4 is 27.3 Å². The number of likely N-dealkylation sites (tertiary alicyclic amines) is 1. The summed E-state index contributed by atoms with van der Waals surface area (Å²) in [6.45, 7) is 6.00. The average molecular weight is 657 g/mol. The zero-order chi connectivity index (χ0) is 32.6. The van der Waals surface area contributed by atoms with Gasteiger partial charge in [-0.2, -0.15) is 14.3 Å². The quantitative estimate of drug-likeness (QED) is 0.269. The van der Waals surface area contributed by atoms with Gasteiger partial charge in [-0.3, -0.25) is 4.68 Å². The molecule has 246 valence electrons. The van der Waals surface area contributed by atoms with E-state index in [2.05, 4.69) is 70.8 Å². The molecule has 4 aromatic rings. The second-order valence-corrected chi connectivity index (χ2v) is 15.3. The molecule has 7 rings (SSSR count). The van der Waals surface area contributed by atoms with Crippen LogP contribution in [0.3, 0.4) is 0 Å². The summed E-state index contributed by atoms with van der Waals surface area (Å²) in [4.78, 5) is 18.3. The first-order chi connectivity index (χ1) is 22.7. The van der Waals surface area contributed by atoms with E-state index in [1.54, 1.807) is 18.5 Å². The van der Waals surface area contributed by atoms with Crippen LogP contribution in [-0.4, -0.2) is 97.4 Å². The third kappa shape index (κ3) is 6.88. The molecule has 0 spiro atoms. The largest absolute Gasteiger partial charge is 0.396 e. The second kappa shape index (κ2) is 12.7. The van der Waals surface area contributed by atoms with E-state index in [9.17, 15) is 13.5 Å². The Balaban J connectivity index is 1.13. The van der Waals surface area contributed by atoms with E-state index >= 15 is 0 Å². The van der Waals surface area contributed by atoms with E-state index in [4.69, 9.17) is 0 Å². The van der Waals surface area contributed by atoms with Gasteiger partial charge in [0.2, 0.25) is 0 Å². The van der Waals surface area contributed by atoms with Crippen molar-refractivity contribution in [2.45, 2.75) is 56.7 Å². The van der Waals surface area contributed by atoms with Crippen LogP contribution in [0.5, 0.6) is 0 Å². The van der Waals surface area contributed by atoms with Gasteiger partial charge < -0.3 is 20.2 Å². The maximum atomic E-state index is 12.6. The molecule has 0 aromatic carbocycles. The smallest absolute Gasteiger partial charge is 0.256 e. The summed E-state index contributed by atoms with van der Waals surface area (Å²) in [5.74, 6) is 8.13. The number of hydrogen-bond donors (Lipinski definition) is 2. The van der Waals surface area contributed by atoms with E-state index in [1.807, 2.05) is 18.5 Å². The number of hydrogen-bond acceptors (Lipinski definition) is 11. The molecule has 0 bridgehead atoms. The molecule has 2 saturated heterocycles. The van der Waals surface area contributed by atoms with E-state index in [0.29, 0.717) is 41.9 Å². The highest BCUT2D eigenvalue weighted by Gasteiger charge is 2.38. The van der Waals surface area contributed by atoms with Crippen molar-refractivity contribution in [3.05, 3.63) is 60.4 Å². The van der Waals surface area contributed by atoms with Gasteiger partial charge >= 0.3 is 0 Å². The predicted molar refractivity (Wildman–Crippen MR) is 179 cm³/mol. The zero-order valence-corrected chi connectivity index (χ0v) is 27.6. The highest BCUT2D eigenvalue weighted by atomic mass is 32.2. The summed E-state index contributed by atoms with van der Waals surface area (Å²) < 4.78 is 28.3. The molecule has 0 amide bonds. The Morgan fingerprint density at radius 3 is 2.51 bits per heavy atom. The number of aliphatic hydroxyl groups is 1. The van der Waals surface area contributed by atoms with Crippen LogP contribution in [0.25, 0.3) is 11.4 Å². The van der Waals surface area contributed by atoms with Crippen LogP contribution in [0, 0.1) is 17.3 Å². The Morgan fingerprint density at radius 1 is 0.979 bits per heavy atom. The molecular formula is C33H40N10O3S. The van der Waals surface area contributed by atoms with Crippen molar-refractivity contribution < 1.29 is 13.5 Å². The minimum absolute atomic E-state index is 0.0951. The molecule has 47 heavy (non-hydrogen) atoms. The molecular weight excluding hydrogens is 616 g/mol. The second-order valence-electron chi connectivity index (χ2n) is 13.3. The van der Waals surface area contributed by atoms with Crippen molar-refractivity contribution in [3.63, 3.8) is 0 Å². The van der Waals surface area contributed by atoms with Crippen LogP contribution in [-0.2, 0) is 10.0 Å². The number of aliphatic hydroxyl groups excluding tert-OH is 1. The Labute approximate surface area is 275 Å². The summed E-state index contributed by atoms with van der Waals surface area (Å²) in [5, 5.41) is 21.6. The van der Waals surface area contributed by atoms with E-state index in [-0.39, 0.29) is 17.3 Å². The van der Waals surface area contributed by atoms with Crippen molar-refractivity contribution in [2.75, 3.05) is 50.1 Å². The lowest BCUT2D eigenvalue weighted by Gasteiger charge is -2.39. The third-order valence-corrected chi connectivity index (χ3v) is 11.6. The molecule has 1 saturated carbocycles. The highest BCUT2D eigenvalue weighted by Crippen LogP contribution is 2.35. The molecule has 4 aromatic heterocycles. The molecule has 0 radical (unpaired) electrons. The fourth-order valence-electron chi connectivity index (χ4n) is 6.09. The standard InChI is InChI=1S/C33H40N10O3S/c1-33(23-44)10-15-41(16-11-33)29-17-31(35-19-25(29)4-3-24-18-36-42(21-24)27-8-13-40(2)14-9-27)38-30-7-12-34-32(39-30)26-20-37-43(22-26)47(45,46)28-5-6-28/h7,12,17-22,27-28,44H,5-6,8-11,13-16,23H2,1-2H3,(H,34,35,38,39). The number of nitrogens with zero attached hydrogens (tertiary/aromatic N) is 9. The van der Waals surface area contributed by atoms with Crippen molar-refractivity contribution in [2.24, 2.45) is 5.41 Å². The fraction of sp³-hybridized carbons (Fsp3) is 0.485. The average Bonchev–Trinajstić information content (AvgIpc) is 3.64. The van der Waals surface area contributed by atoms with Crippen LogP contribution >= 0.6 is 0 Å². The first-order valence-electron chi connectivity index (χ1n) is 16.2. The van der Waals surface area contributed by atoms with Gasteiger partial charge in [0.05, 0.1) is 52.3 Å². The van der Waals surface area contributed by atoms with Crippen molar-refractivity contribution in [3.8, 4) is 23.2 Å². The lowest BCUT2D eigenvalue weighted by atomic mass is 9.81. The number of aromatic nitrogens is 7. The maximum absolute atomic E-state index is 12.6. The molecule has 6 heterocycles. The van der Waals surface area contributed by atoms with Crippen LogP contribution in [0.4, 0.5) is 17.3 Å². The summed E-state index contributed by atoms with van der Waals surface area (Å²) in [5.41, 5.74) is 3.05. The van der Waals surface area contributed by atoms with Gasteiger partial charge in [-0.05, 0) is 70.1 Å². The Morgan fingerprint density at radius 2 is 1.77 bits per heavy atom. The summed E-state index contributed by atoms with van der Waals surface area (Å²) in [7, 11) is -1.32. The van der Waals surface area contributed by atoms with Gasteiger partial charge in [-0.25, -0.2) is 23.4 Å². The molecule has 0 unspecified atom stereocenters. The van der Waals surface area contributed by atoms with E-state index in [0.717, 1.165) is 72.8 Å². The van der Waals surface area contributed by atoms with Gasteiger partial charge in [0.15, 0.2) is 5.82 Å². The molecule has 2 aliphatic heterocycles. The SMILES string of the molecule is CN1CCC(n2cc(C#Cc3cnc(Nc4ccnc(-c5cnn(S(=O)(=O)C6CC6)c5)n4)cc3N3CCC(C)(CO)CC3)cn2)CC1. The van der Waals surface area contributed by atoms with Crippen LogP contribution in [0.15, 0.2) is 49.3 Å². The Hall–Kier alpha value is -4.32. The normalized spacial score (nSPS) is 18.9. The molecule has 1 aliphatic carbocycles. The molecule has 3 fully saturated rings. The van der Waals surface area contributed by atoms with Crippen LogP contribution in [0.2, 0.25) is 0 Å². The maximum Gasteiger partial charge on any atom is 0.256 e. The molecule has 2 N–H and O–H groups in total. The molecule has 3 aliphatic rings. The highest BCUT2D eigenvalue weighted by molar-refractivity contribution is 7.90. The zero-order valence-electron chi connectivity index (χ0n) is 26.7. The lowest BCUT2D eigenvalue weighted by Crippen LogP contribution is -2.40. The minimum atomic E-state index is -3.48. The van der Waals surface area contributed by atoms with E-state index < -0.39 is 10.0 Å². The van der Waals surface area contributed by atoms with Gasteiger partial charge in [0.1, 0.15) is 11.6 Å². The monoisotopic (exact) mass is 656 g/mol. The van der Waals surface area contributed by atoms with Crippen molar-refractivity contribution in [1.82, 2.24) is 38.8 Å². The predicted octanol–water partition coefficient (Wildman–Crippen LogP) is 3.28. The number of anilines is 3. The summed E-state index contributed by atoms with van der Waals surface area (Å²) in [6.07, 6.45) is 15.4. The Bertz CT molecular complexity index is 1910. The topological polar surface area (TPSA) is 147 Å². The van der Waals surface area contributed by atoms with Crippen LogP contribution < -0.4 is 10.2 Å². The fourth-order valence-corrected chi connectivity index (χ4v) is 7.57. The third-order valence-electron chi connectivity index (χ3n) is 9.52. The number of rotatable bonds is 8. The summed E-state index contributed by atoms with van der Waals surface area (Å²) >= 11 is 0. The van der Waals surface area contributed by atoms with Gasteiger partial charge in [-0.1, -0.05) is 18.8 Å². The lowest BCUT2D eigenvalue weighted by molar-refractivity contribution is 0.115. The van der Waals surface area contributed by atoms with Gasteiger partial charge in [-0.15, -0.1) is 0 Å². The first-order valence-corrected chi connectivity index (χ1v) is 17.7. The van der Waals surface area contributed by atoms with Gasteiger partial charge in [0.25, 0.3) is 10.0 Å². The number of nitrogens with one attached hydrogen (secondary N) is 1.